The molecule has 420 valence electrons. The largest absolute Gasteiger partial charge is 0.463 e. The SMILES string of the molecule is CO[C@H]1O[C@H](CO[C@@H]2O[C@H](CO[C@@H]3O[C@H](COC(C)=O)[C@@H](OC(C)=O)[C@H](OC(C)=O)[C@H]3OC(C)=O)[C@@H](OC(C)=O)[C@H](OC(C)=O)[C@H]2OC(C)=O)[C@@H](OCc2ccccc2)[C@H](OCc2ccccc2)[C@H]1OCc1ccccc1. The molecule has 3 heterocycles. The Morgan fingerprint density at radius 1 is 0.338 bits per heavy atom. The lowest BCUT2D eigenvalue weighted by molar-refractivity contribution is -0.349. The van der Waals surface area contributed by atoms with E-state index in [4.69, 9.17) is 75.8 Å². The predicted molar refractivity (Wildman–Crippen MR) is 260 cm³/mol. The van der Waals surface area contributed by atoms with Gasteiger partial charge in [0.15, 0.2) is 55.5 Å². The van der Waals surface area contributed by atoms with Crippen LogP contribution in [0.3, 0.4) is 0 Å². The molecular weight excluding hydrogens is 1020 g/mol. The second-order valence-corrected chi connectivity index (χ2v) is 18.1. The normalized spacial score (nSPS) is 29.0. The molecule has 0 aliphatic carbocycles. The van der Waals surface area contributed by atoms with E-state index in [1.165, 1.54) is 7.11 Å². The fraction of sp³-hybridized carbons (Fsp3) is 0.537. The smallest absolute Gasteiger partial charge is 0.303 e. The van der Waals surface area contributed by atoms with Crippen molar-refractivity contribution in [3.8, 4) is 0 Å². The second-order valence-electron chi connectivity index (χ2n) is 18.1. The van der Waals surface area contributed by atoms with Crippen LogP contribution in [0.5, 0.6) is 0 Å². The number of carbonyl (C=O) groups is 7. The van der Waals surface area contributed by atoms with Gasteiger partial charge in [-0.1, -0.05) is 91.0 Å². The highest BCUT2D eigenvalue weighted by atomic mass is 16.8. The summed E-state index contributed by atoms with van der Waals surface area (Å²) in [6.07, 6.45) is -21.0. The molecule has 0 radical (unpaired) electrons. The number of hydrogen-bond acceptors (Lipinski definition) is 23. The Morgan fingerprint density at radius 2 is 0.649 bits per heavy atom. The Kier molecular flexibility index (Phi) is 22.8. The monoisotopic (exact) mass is 1080 g/mol. The van der Waals surface area contributed by atoms with Crippen molar-refractivity contribution in [2.75, 3.05) is 26.9 Å². The van der Waals surface area contributed by atoms with Crippen LogP contribution in [0.1, 0.15) is 65.2 Å². The standard InChI is InChI=1S/C54H66O23/c1-30(55)63-27-41-44(69-31(2)56)47(71-33(4)58)50(73-35(6)60)54(76-41)68-29-42-45(70-32(3)57)48(72-34(5)59)51(74-36(7)61)53(77-42)67-28-40-43(64-24-37-18-12-9-13-19-37)46(65-25-38-20-14-10-15-21-38)49(52(62-8)75-40)66-26-39-22-16-11-17-23-39/h9-23,40-54H,24-29H2,1-8H3/t40-,41-,42-,43-,44-,45-,46+,47+,48+,49-,50-,51-,52+,53-,54-/m1/s1. The molecule has 77 heavy (non-hydrogen) atoms. The summed E-state index contributed by atoms with van der Waals surface area (Å²) in [6.45, 7) is 6.19. The zero-order valence-corrected chi connectivity index (χ0v) is 44.0. The summed E-state index contributed by atoms with van der Waals surface area (Å²) in [7, 11) is 1.44. The first-order valence-corrected chi connectivity index (χ1v) is 24.8. The van der Waals surface area contributed by atoms with E-state index in [1.54, 1.807) is 0 Å². The van der Waals surface area contributed by atoms with Crippen LogP contribution in [0.4, 0.5) is 0 Å². The number of esters is 7. The maximum Gasteiger partial charge on any atom is 0.303 e. The summed E-state index contributed by atoms with van der Waals surface area (Å²) in [4.78, 5) is 88.3. The lowest BCUT2D eigenvalue weighted by Crippen LogP contribution is -2.65. The molecule has 3 aliphatic rings. The second kappa shape index (κ2) is 29.4. The van der Waals surface area contributed by atoms with E-state index in [0.29, 0.717) is 0 Å². The molecule has 3 aliphatic heterocycles. The average molecular weight is 1080 g/mol. The van der Waals surface area contributed by atoms with Crippen LogP contribution in [0.25, 0.3) is 0 Å². The number of benzene rings is 3. The molecule has 3 aromatic carbocycles. The van der Waals surface area contributed by atoms with E-state index >= 15 is 0 Å². The molecule has 23 heteroatoms. The van der Waals surface area contributed by atoms with Gasteiger partial charge in [0.25, 0.3) is 0 Å². The molecule has 3 aromatic rings. The van der Waals surface area contributed by atoms with Crippen LogP contribution in [0, 0.1) is 0 Å². The van der Waals surface area contributed by atoms with Gasteiger partial charge in [-0.3, -0.25) is 33.6 Å². The Labute approximate surface area is 445 Å². The van der Waals surface area contributed by atoms with E-state index in [1.807, 2.05) is 91.0 Å². The lowest BCUT2D eigenvalue weighted by atomic mass is 9.96. The third kappa shape index (κ3) is 17.8. The predicted octanol–water partition coefficient (Wildman–Crippen LogP) is 3.75. The summed E-state index contributed by atoms with van der Waals surface area (Å²) in [5.41, 5.74) is 2.53. The van der Waals surface area contributed by atoms with E-state index in [9.17, 15) is 33.6 Å². The number of methoxy groups -OCH3 is 1. The fourth-order valence-corrected chi connectivity index (χ4v) is 8.90. The van der Waals surface area contributed by atoms with Gasteiger partial charge in [0.05, 0.1) is 33.0 Å². The molecule has 3 fully saturated rings. The maximum absolute atomic E-state index is 12.9. The third-order valence-electron chi connectivity index (χ3n) is 12.0. The topological polar surface area (TPSA) is 267 Å². The van der Waals surface area contributed by atoms with Crippen molar-refractivity contribution in [2.24, 2.45) is 0 Å². The van der Waals surface area contributed by atoms with Crippen LogP contribution < -0.4 is 0 Å². The minimum atomic E-state index is -1.73. The van der Waals surface area contributed by atoms with Gasteiger partial charge in [0, 0.05) is 55.6 Å². The van der Waals surface area contributed by atoms with E-state index in [0.717, 1.165) is 65.2 Å². The molecule has 6 rings (SSSR count). The Morgan fingerprint density at radius 3 is 1.01 bits per heavy atom. The molecule has 0 bridgehead atoms. The van der Waals surface area contributed by atoms with Gasteiger partial charge in [0.1, 0.15) is 43.2 Å². The van der Waals surface area contributed by atoms with Crippen molar-refractivity contribution in [1.29, 1.82) is 0 Å². The summed E-state index contributed by atoms with van der Waals surface area (Å²) in [5.74, 6) is -6.05. The summed E-state index contributed by atoms with van der Waals surface area (Å²) in [5, 5.41) is 0. The van der Waals surface area contributed by atoms with Gasteiger partial charge >= 0.3 is 41.8 Å². The summed E-state index contributed by atoms with van der Waals surface area (Å²) in [6, 6.07) is 28.3. The van der Waals surface area contributed by atoms with E-state index < -0.39 is 154 Å². The van der Waals surface area contributed by atoms with Gasteiger partial charge in [-0.15, -0.1) is 0 Å². The first kappa shape index (κ1) is 59.8. The molecule has 3 saturated heterocycles. The van der Waals surface area contributed by atoms with E-state index in [-0.39, 0.29) is 19.8 Å². The first-order chi connectivity index (χ1) is 36.9. The van der Waals surface area contributed by atoms with Crippen LogP contribution in [0.2, 0.25) is 0 Å². The van der Waals surface area contributed by atoms with Crippen molar-refractivity contribution in [3.05, 3.63) is 108 Å². The Bertz CT molecular complexity index is 2390. The molecule has 0 unspecified atom stereocenters. The molecule has 0 spiro atoms. The van der Waals surface area contributed by atoms with Crippen LogP contribution in [-0.2, 0) is 129 Å². The Balaban J connectivity index is 1.36. The highest BCUT2D eigenvalue weighted by Crippen LogP contribution is 2.36. The summed E-state index contributed by atoms with van der Waals surface area (Å²) < 4.78 is 97.0. The van der Waals surface area contributed by atoms with Crippen LogP contribution in [-0.4, -0.2) is 161 Å². The minimum absolute atomic E-state index is 0.0763. The molecule has 0 N–H and O–H groups in total. The van der Waals surface area contributed by atoms with Crippen LogP contribution >= 0.6 is 0 Å². The third-order valence-corrected chi connectivity index (χ3v) is 12.0. The van der Waals surface area contributed by atoms with Crippen molar-refractivity contribution in [2.45, 2.75) is 160 Å². The van der Waals surface area contributed by atoms with E-state index in [2.05, 4.69) is 0 Å². The highest BCUT2D eigenvalue weighted by molar-refractivity contribution is 5.69. The molecule has 0 aromatic heterocycles. The van der Waals surface area contributed by atoms with Crippen molar-refractivity contribution < 1.29 is 109 Å². The zero-order chi connectivity index (χ0) is 55.6. The Hall–Kier alpha value is -6.41. The van der Waals surface area contributed by atoms with Gasteiger partial charge < -0.3 is 75.8 Å². The molecule has 0 amide bonds. The molecule has 15 atom stereocenters. The van der Waals surface area contributed by atoms with Crippen molar-refractivity contribution in [1.82, 2.24) is 0 Å². The molecule has 0 saturated carbocycles. The fourth-order valence-electron chi connectivity index (χ4n) is 8.90. The van der Waals surface area contributed by atoms with Gasteiger partial charge in [-0.25, -0.2) is 0 Å². The van der Waals surface area contributed by atoms with Gasteiger partial charge in [-0.05, 0) is 16.7 Å². The highest BCUT2D eigenvalue weighted by Gasteiger charge is 2.57. The lowest BCUT2D eigenvalue weighted by Gasteiger charge is -2.47. The number of ether oxygens (including phenoxy) is 16. The van der Waals surface area contributed by atoms with Crippen molar-refractivity contribution >= 4 is 41.8 Å². The number of rotatable bonds is 24. The zero-order valence-electron chi connectivity index (χ0n) is 44.0. The number of hydrogen-bond donors (Lipinski definition) is 0. The van der Waals surface area contributed by atoms with Gasteiger partial charge in [0.2, 0.25) is 0 Å². The van der Waals surface area contributed by atoms with Crippen molar-refractivity contribution in [3.63, 3.8) is 0 Å². The average Bonchev–Trinajstić information content (AvgIpc) is 3.39. The first-order valence-electron chi connectivity index (χ1n) is 24.8. The molecule has 23 nitrogen and oxygen atoms in total. The summed E-state index contributed by atoms with van der Waals surface area (Å²) >= 11 is 0. The van der Waals surface area contributed by atoms with Gasteiger partial charge in [-0.2, -0.15) is 0 Å². The maximum atomic E-state index is 12.9. The molecular formula is C54H66O23. The quantitative estimate of drug-likeness (QED) is 0.0913. The number of carbonyl (C=O) groups excluding carboxylic acids is 7. The minimum Gasteiger partial charge on any atom is -0.463 e. The van der Waals surface area contributed by atoms with Crippen LogP contribution in [0.15, 0.2) is 91.0 Å².